The first-order chi connectivity index (χ1) is 12.5. The van der Waals surface area contributed by atoms with E-state index in [1.165, 1.54) is 0 Å². The van der Waals surface area contributed by atoms with Gasteiger partial charge in [-0.15, -0.1) is 0 Å². The van der Waals surface area contributed by atoms with Crippen LogP contribution in [0.15, 0.2) is 47.1 Å². The van der Waals surface area contributed by atoms with Gasteiger partial charge < -0.3 is 10.2 Å². The molecule has 2 amide bonds. The van der Waals surface area contributed by atoms with Crippen LogP contribution in [0.25, 0.3) is 10.9 Å². The quantitative estimate of drug-likeness (QED) is 0.644. The van der Waals surface area contributed by atoms with Gasteiger partial charge in [-0.25, -0.2) is 0 Å². The minimum Gasteiger partial charge on any atom is -0.324 e. The summed E-state index contributed by atoms with van der Waals surface area (Å²) in [7, 11) is 0. The predicted molar refractivity (Wildman–Crippen MR) is 104 cm³/mol. The molecule has 1 unspecified atom stereocenters. The molecule has 2 N–H and O–H groups in total. The van der Waals surface area contributed by atoms with Gasteiger partial charge >= 0.3 is 0 Å². The van der Waals surface area contributed by atoms with E-state index < -0.39 is 5.92 Å². The topological polar surface area (TPSA) is 78.1 Å². The van der Waals surface area contributed by atoms with Crippen molar-refractivity contribution in [1.29, 1.82) is 0 Å². The number of hydrogen-bond donors (Lipinski definition) is 2. The molecule has 0 spiro atoms. The first kappa shape index (κ1) is 16.8. The van der Waals surface area contributed by atoms with Gasteiger partial charge in [0.05, 0.1) is 17.4 Å². The number of aryl methyl sites for hydroxylation is 1. The second kappa shape index (κ2) is 6.57. The SMILES string of the molecule is Cc1ccc(NC(=O)C2CCN(c3cccc(Br)c3)C2=O)c2[nH]ncc12. The molecule has 1 aliphatic rings. The highest BCUT2D eigenvalue weighted by Crippen LogP contribution is 2.29. The molecule has 0 bridgehead atoms. The molecule has 7 heteroatoms. The summed E-state index contributed by atoms with van der Waals surface area (Å²) in [6.07, 6.45) is 2.23. The third kappa shape index (κ3) is 2.88. The molecule has 1 saturated heterocycles. The number of fused-ring (bicyclic) bond motifs is 1. The van der Waals surface area contributed by atoms with E-state index in [4.69, 9.17) is 0 Å². The van der Waals surface area contributed by atoms with E-state index in [2.05, 4.69) is 31.4 Å². The third-order valence-corrected chi connectivity index (χ3v) is 5.23. The highest BCUT2D eigenvalue weighted by atomic mass is 79.9. The van der Waals surface area contributed by atoms with Gasteiger partial charge in [-0.2, -0.15) is 5.10 Å². The van der Waals surface area contributed by atoms with E-state index in [-0.39, 0.29) is 11.8 Å². The second-order valence-corrected chi connectivity index (χ2v) is 7.30. The standard InChI is InChI=1S/C19H17BrN4O2/c1-11-5-6-16(17-15(11)10-21-23-17)22-18(25)14-7-8-24(19(14)26)13-4-2-3-12(20)9-13/h2-6,9-10,14H,7-8H2,1H3,(H,21,23)(H,22,25). The number of rotatable bonds is 3. The Bertz CT molecular complexity index is 1010. The van der Waals surface area contributed by atoms with Gasteiger partial charge in [-0.05, 0) is 43.2 Å². The molecule has 1 aromatic heterocycles. The molecule has 0 radical (unpaired) electrons. The molecule has 0 aliphatic carbocycles. The van der Waals surface area contributed by atoms with Crippen LogP contribution in [-0.4, -0.2) is 28.6 Å². The Kier molecular flexibility index (Phi) is 4.24. The first-order valence-electron chi connectivity index (χ1n) is 8.35. The van der Waals surface area contributed by atoms with Crippen LogP contribution in [-0.2, 0) is 9.59 Å². The molecule has 1 atom stereocenters. The van der Waals surface area contributed by atoms with Crippen LogP contribution in [0.5, 0.6) is 0 Å². The smallest absolute Gasteiger partial charge is 0.239 e. The lowest BCUT2D eigenvalue weighted by atomic mass is 10.1. The number of carbonyl (C=O) groups is 2. The highest BCUT2D eigenvalue weighted by Gasteiger charge is 2.37. The zero-order valence-corrected chi connectivity index (χ0v) is 15.7. The summed E-state index contributed by atoms with van der Waals surface area (Å²) in [6.45, 7) is 2.51. The van der Waals surface area contributed by atoms with Gasteiger partial charge in [0.1, 0.15) is 5.92 Å². The fraction of sp³-hybridized carbons (Fsp3) is 0.211. The predicted octanol–water partition coefficient (Wildman–Crippen LogP) is 3.63. The fourth-order valence-corrected chi connectivity index (χ4v) is 3.71. The highest BCUT2D eigenvalue weighted by molar-refractivity contribution is 9.10. The lowest BCUT2D eigenvalue weighted by molar-refractivity contribution is -0.129. The molecule has 2 aromatic carbocycles. The first-order valence-corrected chi connectivity index (χ1v) is 9.14. The van der Waals surface area contributed by atoms with Crippen molar-refractivity contribution < 1.29 is 9.59 Å². The number of benzene rings is 2. The van der Waals surface area contributed by atoms with Gasteiger partial charge in [0.2, 0.25) is 11.8 Å². The molecule has 3 aromatic rings. The summed E-state index contributed by atoms with van der Waals surface area (Å²) in [5.74, 6) is -1.14. The van der Waals surface area contributed by atoms with E-state index in [0.717, 1.165) is 26.6 Å². The molecule has 2 heterocycles. The normalized spacial score (nSPS) is 17.1. The molecular weight excluding hydrogens is 396 g/mol. The molecule has 4 rings (SSSR count). The Morgan fingerprint density at radius 3 is 3.00 bits per heavy atom. The number of nitrogens with one attached hydrogen (secondary N) is 2. The lowest BCUT2D eigenvalue weighted by Crippen LogP contribution is -2.33. The van der Waals surface area contributed by atoms with Crippen LogP contribution in [0.2, 0.25) is 0 Å². The Morgan fingerprint density at radius 1 is 1.35 bits per heavy atom. The molecule has 0 saturated carbocycles. The largest absolute Gasteiger partial charge is 0.324 e. The number of aromatic nitrogens is 2. The van der Waals surface area contributed by atoms with E-state index >= 15 is 0 Å². The number of carbonyl (C=O) groups excluding carboxylic acids is 2. The summed E-state index contributed by atoms with van der Waals surface area (Å²) < 4.78 is 0.900. The van der Waals surface area contributed by atoms with Crippen molar-refractivity contribution in [2.75, 3.05) is 16.8 Å². The van der Waals surface area contributed by atoms with Crippen molar-refractivity contribution in [3.63, 3.8) is 0 Å². The zero-order valence-electron chi connectivity index (χ0n) is 14.1. The summed E-state index contributed by atoms with van der Waals surface area (Å²) in [6, 6.07) is 11.3. The Hall–Kier alpha value is -2.67. The summed E-state index contributed by atoms with van der Waals surface area (Å²) in [5, 5.41) is 10.8. The molecule has 132 valence electrons. The molecule has 1 fully saturated rings. The minimum absolute atomic E-state index is 0.173. The maximum absolute atomic E-state index is 12.7. The van der Waals surface area contributed by atoms with Gasteiger partial charge in [0.15, 0.2) is 0 Å². The summed E-state index contributed by atoms with van der Waals surface area (Å²) in [5.41, 5.74) is 3.28. The number of amides is 2. The minimum atomic E-state index is -0.687. The van der Waals surface area contributed by atoms with Crippen LogP contribution in [0, 0.1) is 12.8 Å². The number of aromatic amines is 1. The second-order valence-electron chi connectivity index (χ2n) is 6.39. The van der Waals surface area contributed by atoms with Crippen LogP contribution in [0.4, 0.5) is 11.4 Å². The number of halogens is 1. The zero-order chi connectivity index (χ0) is 18.3. The van der Waals surface area contributed by atoms with Gasteiger partial charge in [0, 0.05) is 22.1 Å². The van der Waals surface area contributed by atoms with Crippen molar-refractivity contribution in [2.24, 2.45) is 5.92 Å². The van der Waals surface area contributed by atoms with Crippen LogP contribution < -0.4 is 10.2 Å². The average Bonchev–Trinajstić information content (AvgIpc) is 3.25. The molecular formula is C19H17BrN4O2. The number of hydrogen-bond acceptors (Lipinski definition) is 3. The van der Waals surface area contributed by atoms with Crippen LogP contribution >= 0.6 is 15.9 Å². The van der Waals surface area contributed by atoms with E-state index in [9.17, 15) is 9.59 Å². The molecule has 1 aliphatic heterocycles. The van der Waals surface area contributed by atoms with Crippen LogP contribution in [0.3, 0.4) is 0 Å². The van der Waals surface area contributed by atoms with Gasteiger partial charge in [0.25, 0.3) is 0 Å². The number of H-pyrrole nitrogens is 1. The average molecular weight is 413 g/mol. The van der Waals surface area contributed by atoms with E-state index in [1.54, 1.807) is 11.1 Å². The maximum atomic E-state index is 12.7. The van der Waals surface area contributed by atoms with Crippen molar-refractivity contribution in [2.45, 2.75) is 13.3 Å². The van der Waals surface area contributed by atoms with E-state index in [1.807, 2.05) is 43.3 Å². The molecule has 6 nitrogen and oxygen atoms in total. The lowest BCUT2D eigenvalue weighted by Gasteiger charge is -2.17. The number of nitrogens with zero attached hydrogens (tertiary/aromatic N) is 2. The molecule has 26 heavy (non-hydrogen) atoms. The summed E-state index contributed by atoms with van der Waals surface area (Å²) >= 11 is 3.42. The van der Waals surface area contributed by atoms with Crippen molar-refractivity contribution >= 4 is 50.0 Å². The van der Waals surface area contributed by atoms with E-state index in [0.29, 0.717) is 18.7 Å². The summed E-state index contributed by atoms with van der Waals surface area (Å²) in [4.78, 5) is 27.1. The Morgan fingerprint density at radius 2 is 2.19 bits per heavy atom. The Labute approximate surface area is 158 Å². The Balaban J connectivity index is 1.54. The van der Waals surface area contributed by atoms with Gasteiger partial charge in [-0.1, -0.05) is 28.1 Å². The maximum Gasteiger partial charge on any atom is 0.239 e. The monoisotopic (exact) mass is 412 g/mol. The van der Waals surface area contributed by atoms with Gasteiger partial charge in [-0.3, -0.25) is 14.7 Å². The van der Waals surface area contributed by atoms with Crippen molar-refractivity contribution in [3.05, 3.63) is 52.6 Å². The van der Waals surface area contributed by atoms with Crippen molar-refractivity contribution in [1.82, 2.24) is 10.2 Å². The third-order valence-electron chi connectivity index (χ3n) is 4.73. The van der Waals surface area contributed by atoms with Crippen molar-refractivity contribution in [3.8, 4) is 0 Å². The fourth-order valence-electron chi connectivity index (χ4n) is 3.32. The van der Waals surface area contributed by atoms with Crippen LogP contribution in [0.1, 0.15) is 12.0 Å². The number of anilines is 2.